The largest absolute Gasteiger partial charge is 0.489 e. The minimum Gasteiger partial charge on any atom is -0.489 e. The van der Waals surface area contributed by atoms with Crippen LogP contribution < -0.4 is 20.3 Å². The molecule has 0 fully saturated rings. The molecule has 0 aliphatic carbocycles. The molecule has 0 saturated heterocycles. The Morgan fingerprint density at radius 2 is 2.21 bits per heavy atom. The van der Waals surface area contributed by atoms with Crippen molar-refractivity contribution in [2.75, 3.05) is 44.1 Å². The first-order chi connectivity index (χ1) is 13.6. The van der Waals surface area contributed by atoms with E-state index in [1.54, 1.807) is 49.8 Å². The van der Waals surface area contributed by atoms with Crippen molar-refractivity contribution in [3.05, 3.63) is 48.3 Å². The third kappa shape index (κ3) is 4.77. The zero-order valence-corrected chi connectivity index (χ0v) is 16.0. The maximum absolute atomic E-state index is 12.4. The van der Waals surface area contributed by atoms with E-state index >= 15 is 0 Å². The summed E-state index contributed by atoms with van der Waals surface area (Å²) >= 11 is 0. The molecule has 148 valence electrons. The van der Waals surface area contributed by atoms with Crippen LogP contribution in [-0.4, -0.2) is 56.8 Å². The number of hydrogen-bond donors (Lipinski definition) is 2. The summed E-state index contributed by atoms with van der Waals surface area (Å²) in [5.41, 5.74) is 1.97. The van der Waals surface area contributed by atoms with Gasteiger partial charge in [0.05, 0.1) is 36.6 Å². The van der Waals surface area contributed by atoms with Gasteiger partial charge in [0, 0.05) is 32.5 Å². The molecule has 2 amide bonds. The number of likely N-dealkylation sites (N-methyl/N-ethyl adjacent to an activating group) is 1. The smallest absolute Gasteiger partial charge is 0.251 e. The predicted molar refractivity (Wildman–Crippen MR) is 106 cm³/mol. The number of methoxy groups -OCH3 is 1. The Morgan fingerprint density at radius 3 is 2.96 bits per heavy atom. The molecule has 28 heavy (non-hydrogen) atoms. The zero-order valence-electron chi connectivity index (χ0n) is 16.0. The van der Waals surface area contributed by atoms with E-state index in [0.717, 1.165) is 5.69 Å². The summed E-state index contributed by atoms with van der Waals surface area (Å²) in [6.07, 6.45) is 3.51. The molecule has 0 bridgehead atoms. The van der Waals surface area contributed by atoms with Crippen LogP contribution in [0.3, 0.4) is 0 Å². The molecule has 1 aliphatic rings. The average Bonchev–Trinajstić information content (AvgIpc) is 2.71. The van der Waals surface area contributed by atoms with E-state index in [9.17, 15) is 9.59 Å². The second-order valence-electron chi connectivity index (χ2n) is 6.50. The van der Waals surface area contributed by atoms with Crippen LogP contribution in [0.2, 0.25) is 0 Å². The summed E-state index contributed by atoms with van der Waals surface area (Å²) in [4.78, 5) is 30.6. The van der Waals surface area contributed by atoms with Crippen LogP contribution in [0, 0.1) is 0 Å². The maximum atomic E-state index is 12.4. The van der Waals surface area contributed by atoms with E-state index in [-0.39, 0.29) is 24.3 Å². The number of pyridine rings is 1. The van der Waals surface area contributed by atoms with Gasteiger partial charge in [0.15, 0.2) is 0 Å². The number of nitrogens with one attached hydrogen (secondary N) is 2. The molecule has 8 nitrogen and oxygen atoms in total. The second kappa shape index (κ2) is 9.18. The van der Waals surface area contributed by atoms with Crippen molar-refractivity contribution in [2.24, 2.45) is 0 Å². The van der Waals surface area contributed by atoms with Gasteiger partial charge in [0.2, 0.25) is 5.91 Å². The summed E-state index contributed by atoms with van der Waals surface area (Å²) in [6, 6.07) is 8.70. The number of aromatic nitrogens is 1. The van der Waals surface area contributed by atoms with E-state index in [1.165, 1.54) is 0 Å². The predicted octanol–water partition coefficient (Wildman–Crippen LogP) is 1.68. The maximum Gasteiger partial charge on any atom is 0.251 e. The van der Waals surface area contributed by atoms with E-state index in [2.05, 4.69) is 15.6 Å². The van der Waals surface area contributed by atoms with Crippen molar-refractivity contribution in [2.45, 2.75) is 12.5 Å². The van der Waals surface area contributed by atoms with Crippen LogP contribution in [0.1, 0.15) is 16.8 Å². The third-order valence-electron chi connectivity index (χ3n) is 4.54. The first-order valence-electron chi connectivity index (χ1n) is 9.05. The molecule has 2 N–H and O–H groups in total. The number of rotatable bonds is 7. The quantitative estimate of drug-likeness (QED) is 0.706. The molecule has 1 atom stereocenters. The molecule has 8 heteroatoms. The highest BCUT2D eigenvalue weighted by Crippen LogP contribution is 2.34. The Hall–Kier alpha value is -3.13. The van der Waals surface area contributed by atoms with Crippen molar-refractivity contribution >= 4 is 23.2 Å². The molecular formula is C20H24N4O4. The molecule has 0 saturated carbocycles. The lowest BCUT2D eigenvalue weighted by atomic mass is 10.1. The Bertz CT molecular complexity index is 828. The number of amides is 2. The van der Waals surface area contributed by atoms with Crippen molar-refractivity contribution in [3.8, 4) is 5.75 Å². The Labute approximate surface area is 163 Å². The summed E-state index contributed by atoms with van der Waals surface area (Å²) in [5, 5.41) is 5.63. The molecule has 1 aliphatic heterocycles. The standard InChI is InChI=1S/C20H24N4O4/c1-24-16(11-19(25)23-15-4-3-7-21-12-15)13-28-18-6-5-14(10-17(18)24)20(26)22-8-9-27-2/h3-7,10,12,16H,8-9,11,13H2,1-2H3,(H,22,26)(H,23,25)/t16-/m1/s1. The van der Waals surface area contributed by atoms with Crippen molar-refractivity contribution < 1.29 is 19.1 Å². The van der Waals surface area contributed by atoms with Gasteiger partial charge in [0.25, 0.3) is 5.91 Å². The molecule has 1 aromatic heterocycles. The lowest BCUT2D eigenvalue weighted by molar-refractivity contribution is -0.116. The molecular weight excluding hydrogens is 360 g/mol. The zero-order chi connectivity index (χ0) is 19.9. The van der Waals surface area contributed by atoms with Crippen LogP contribution in [0.5, 0.6) is 5.75 Å². The molecule has 3 rings (SSSR count). The second-order valence-corrected chi connectivity index (χ2v) is 6.50. The van der Waals surface area contributed by atoms with Crippen molar-refractivity contribution in [1.29, 1.82) is 0 Å². The van der Waals surface area contributed by atoms with Gasteiger partial charge in [-0.1, -0.05) is 0 Å². The van der Waals surface area contributed by atoms with Crippen LogP contribution in [-0.2, 0) is 9.53 Å². The number of fused-ring (bicyclic) bond motifs is 1. The number of carbonyl (C=O) groups is 2. The number of anilines is 2. The SMILES string of the molecule is COCCNC(=O)c1ccc2c(c1)N(C)[C@H](CC(=O)Nc1cccnc1)CO2. The Morgan fingerprint density at radius 1 is 1.36 bits per heavy atom. The number of ether oxygens (including phenoxy) is 2. The topological polar surface area (TPSA) is 92.8 Å². The molecule has 1 aromatic carbocycles. The number of hydrogen-bond acceptors (Lipinski definition) is 6. The number of nitrogens with zero attached hydrogens (tertiary/aromatic N) is 2. The van der Waals surface area contributed by atoms with Crippen LogP contribution in [0.4, 0.5) is 11.4 Å². The first kappa shape index (κ1) is 19.6. The van der Waals surface area contributed by atoms with Gasteiger partial charge in [-0.2, -0.15) is 0 Å². The van der Waals surface area contributed by atoms with E-state index in [0.29, 0.717) is 36.8 Å². The average molecular weight is 384 g/mol. The van der Waals surface area contributed by atoms with Gasteiger partial charge in [-0.3, -0.25) is 14.6 Å². The fourth-order valence-electron chi connectivity index (χ4n) is 2.98. The fraction of sp³-hybridized carbons (Fsp3) is 0.350. The van der Waals surface area contributed by atoms with Gasteiger partial charge in [-0.15, -0.1) is 0 Å². The lowest BCUT2D eigenvalue weighted by Crippen LogP contribution is -2.42. The van der Waals surface area contributed by atoms with E-state index in [1.807, 2.05) is 11.9 Å². The summed E-state index contributed by atoms with van der Waals surface area (Å²) in [6.45, 7) is 1.28. The summed E-state index contributed by atoms with van der Waals surface area (Å²) < 4.78 is 10.7. The molecule has 0 radical (unpaired) electrons. The Balaban J connectivity index is 1.65. The molecule has 0 unspecified atom stereocenters. The van der Waals surface area contributed by atoms with Crippen LogP contribution in [0.15, 0.2) is 42.7 Å². The molecule has 2 aromatic rings. The summed E-state index contributed by atoms with van der Waals surface area (Å²) in [5.74, 6) is 0.398. The fourth-order valence-corrected chi connectivity index (χ4v) is 2.98. The number of benzene rings is 1. The highest BCUT2D eigenvalue weighted by Gasteiger charge is 2.27. The van der Waals surface area contributed by atoms with Crippen molar-refractivity contribution in [3.63, 3.8) is 0 Å². The highest BCUT2D eigenvalue weighted by molar-refractivity contribution is 5.96. The van der Waals surface area contributed by atoms with Crippen LogP contribution in [0.25, 0.3) is 0 Å². The summed E-state index contributed by atoms with van der Waals surface area (Å²) in [7, 11) is 3.48. The minimum absolute atomic E-state index is 0.120. The highest BCUT2D eigenvalue weighted by atomic mass is 16.5. The lowest BCUT2D eigenvalue weighted by Gasteiger charge is -2.35. The normalized spacial score (nSPS) is 15.4. The molecule has 0 spiro atoms. The van der Waals surface area contributed by atoms with Gasteiger partial charge in [0.1, 0.15) is 12.4 Å². The Kier molecular flexibility index (Phi) is 6.44. The van der Waals surface area contributed by atoms with E-state index in [4.69, 9.17) is 9.47 Å². The number of carbonyl (C=O) groups excluding carboxylic acids is 2. The van der Waals surface area contributed by atoms with E-state index < -0.39 is 0 Å². The van der Waals surface area contributed by atoms with Crippen molar-refractivity contribution in [1.82, 2.24) is 10.3 Å². The van der Waals surface area contributed by atoms with Gasteiger partial charge < -0.3 is 25.0 Å². The molecule has 2 heterocycles. The third-order valence-corrected chi connectivity index (χ3v) is 4.54. The minimum atomic E-state index is -0.176. The van der Waals surface area contributed by atoms with Gasteiger partial charge in [-0.05, 0) is 30.3 Å². The first-order valence-corrected chi connectivity index (χ1v) is 9.05. The van der Waals surface area contributed by atoms with Crippen LogP contribution >= 0.6 is 0 Å². The van der Waals surface area contributed by atoms with Gasteiger partial charge >= 0.3 is 0 Å². The monoisotopic (exact) mass is 384 g/mol. The van der Waals surface area contributed by atoms with Gasteiger partial charge in [-0.25, -0.2) is 0 Å².